The number of fused-ring (bicyclic) bond motifs is 1. The van der Waals surface area contributed by atoms with Gasteiger partial charge in [-0.05, 0) is 31.8 Å². The Kier molecular flexibility index (Phi) is 2.19. The summed E-state index contributed by atoms with van der Waals surface area (Å²) in [4.78, 5) is 11.3. The average Bonchev–Trinajstić information content (AvgIpc) is 2.18. The second-order valence-electron chi connectivity index (χ2n) is 4.63. The van der Waals surface area contributed by atoms with E-state index in [2.05, 4.69) is 13.0 Å². The minimum Gasteiger partial charge on any atom is -0.295 e. The summed E-state index contributed by atoms with van der Waals surface area (Å²) in [7, 11) is 0. The van der Waals surface area contributed by atoms with Gasteiger partial charge in [-0.25, -0.2) is 0 Å². The number of ketones is 1. The molecule has 2 rings (SSSR count). The zero-order chi connectivity index (χ0) is 10.2. The number of allylic oxidation sites excluding steroid dienone is 2. The van der Waals surface area contributed by atoms with E-state index in [9.17, 15) is 4.79 Å². The quantitative estimate of drug-likeness (QED) is 0.587. The molecule has 1 fully saturated rings. The van der Waals surface area contributed by atoms with Gasteiger partial charge in [0.25, 0.3) is 0 Å². The Morgan fingerprint density at radius 2 is 2.36 bits per heavy atom. The Balaban J connectivity index is 2.37. The van der Waals surface area contributed by atoms with Crippen LogP contribution in [0.25, 0.3) is 0 Å². The third-order valence-corrected chi connectivity index (χ3v) is 3.82. The van der Waals surface area contributed by atoms with E-state index >= 15 is 0 Å². The number of nitriles is 1. The zero-order valence-corrected chi connectivity index (χ0v) is 8.55. The summed E-state index contributed by atoms with van der Waals surface area (Å²) in [6.45, 7) is 2.15. The molecule has 0 heterocycles. The summed E-state index contributed by atoms with van der Waals surface area (Å²) in [5.74, 6) is 0.367. The highest BCUT2D eigenvalue weighted by Gasteiger charge is 2.42. The van der Waals surface area contributed by atoms with Gasteiger partial charge in [0.15, 0.2) is 5.78 Å². The van der Waals surface area contributed by atoms with E-state index in [1.54, 1.807) is 6.08 Å². The lowest BCUT2D eigenvalue weighted by molar-refractivity contribution is -0.116. The third-order valence-electron chi connectivity index (χ3n) is 3.82. The van der Waals surface area contributed by atoms with Crippen molar-refractivity contribution in [2.45, 2.75) is 39.0 Å². The normalized spacial score (nSPS) is 37.0. The van der Waals surface area contributed by atoms with Gasteiger partial charge in [-0.3, -0.25) is 4.79 Å². The lowest BCUT2D eigenvalue weighted by atomic mass is 9.60. The molecule has 74 valence electrons. The first kappa shape index (κ1) is 9.45. The molecule has 2 nitrogen and oxygen atoms in total. The standard InChI is InChI=1S/C12H15NO/c1-12-6-5-11(14)7-9(12)3-2-4-10(12)8-13/h7,10H,2-6H2,1H3. The Labute approximate surface area is 84.6 Å². The van der Waals surface area contributed by atoms with Crippen molar-refractivity contribution in [3.8, 4) is 6.07 Å². The van der Waals surface area contributed by atoms with Gasteiger partial charge in [0.2, 0.25) is 0 Å². The molecule has 0 aromatic carbocycles. The van der Waals surface area contributed by atoms with E-state index in [1.807, 2.05) is 0 Å². The second-order valence-corrected chi connectivity index (χ2v) is 4.63. The van der Waals surface area contributed by atoms with Crippen LogP contribution < -0.4 is 0 Å². The Hall–Kier alpha value is -1.10. The summed E-state index contributed by atoms with van der Waals surface area (Å²) < 4.78 is 0. The zero-order valence-electron chi connectivity index (χ0n) is 8.55. The summed E-state index contributed by atoms with van der Waals surface area (Å²) in [6, 6.07) is 2.41. The molecule has 0 aromatic heterocycles. The molecule has 2 atom stereocenters. The fourth-order valence-corrected chi connectivity index (χ4v) is 2.75. The van der Waals surface area contributed by atoms with E-state index in [0.29, 0.717) is 6.42 Å². The van der Waals surface area contributed by atoms with Crippen LogP contribution in [0.1, 0.15) is 39.0 Å². The lowest BCUT2D eigenvalue weighted by Crippen LogP contribution is -2.35. The Morgan fingerprint density at radius 3 is 3.07 bits per heavy atom. The van der Waals surface area contributed by atoms with Crippen molar-refractivity contribution in [3.63, 3.8) is 0 Å². The topological polar surface area (TPSA) is 40.9 Å². The van der Waals surface area contributed by atoms with E-state index < -0.39 is 0 Å². The summed E-state index contributed by atoms with van der Waals surface area (Å²) >= 11 is 0. The van der Waals surface area contributed by atoms with Crippen LogP contribution in [0.5, 0.6) is 0 Å². The van der Waals surface area contributed by atoms with Crippen LogP contribution >= 0.6 is 0 Å². The second kappa shape index (κ2) is 3.24. The molecular formula is C12H15NO. The smallest absolute Gasteiger partial charge is 0.155 e. The molecule has 0 spiro atoms. The van der Waals surface area contributed by atoms with Gasteiger partial charge in [-0.15, -0.1) is 0 Å². The van der Waals surface area contributed by atoms with Crippen molar-refractivity contribution < 1.29 is 4.79 Å². The predicted molar refractivity (Wildman–Crippen MR) is 53.4 cm³/mol. The van der Waals surface area contributed by atoms with Gasteiger partial charge < -0.3 is 0 Å². The van der Waals surface area contributed by atoms with E-state index in [1.165, 1.54) is 5.57 Å². The fourth-order valence-electron chi connectivity index (χ4n) is 2.75. The first-order chi connectivity index (χ1) is 6.66. The highest BCUT2D eigenvalue weighted by molar-refractivity contribution is 5.91. The Morgan fingerprint density at radius 1 is 1.57 bits per heavy atom. The van der Waals surface area contributed by atoms with Crippen LogP contribution in [0, 0.1) is 22.7 Å². The van der Waals surface area contributed by atoms with Crippen LogP contribution in [-0.4, -0.2) is 5.78 Å². The van der Waals surface area contributed by atoms with Crippen LogP contribution in [0.2, 0.25) is 0 Å². The number of rotatable bonds is 0. The van der Waals surface area contributed by atoms with Gasteiger partial charge in [0.05, 0.1) is 12.0 Å². The van der Waals surface area contributed by atoms with Crippen LogP contribution in [0.3, 0.4) is 0 Å². The molecular weight excluding hydrogens is 174 g/mol. The van der Waals surface area contributed by atoms with Crippen molar-refractivity contribution in [1.29, 1.82) is 5.26 Å². The number of hydrogen-bond donors (Lipinski definition) is 0. The minimum absolute atomic E-state index is 0.000903. The first-order valence-corrected chi connectivity index (χ1v) is 5.30. The molecule has 2 aliphatic carbocycles. The van der Waals surface area contributed by atoms with Crippen LogP contribution in [0.4, 0.5) is 0 Å². The Bertz CT molecular complexity index is 337. The molecule has 0 aliphatic heterocycles. The fraction of sp³-hybridized carbons (Fsp3) is 0.667. The summed E-state index contributed by atoms with van der Waals surface area (Å²) in [5, 5.41) is 9.10. The molecule has 2 aliphatic rings. The van der Waals surface area contributed by atoms with Gasteiger partial charge in [-0.2, -0.15) is 5.26 Å². The number of hydrogen-bond acceptors (Lipinski definition) is 2. The maximum absolute atomic E-state index is 11.3. The van der Waals surface area contributed by atoms with Gasteiger partial charge in [0.1, 0.15) is 0 Å². The number of carbonyl (C=O) groups is 1. The van der Waals surface area contributed by atoms with Crippen molar-refractivity contribution in [2.75, 3.05) is 0 Å². The molecule has 0 radical (unpaired) electrons. The third kappa shape index (κ3) is 1.28. The molecule has 0 N–H and O–H groups in total. The van der Waals surface area contributed by atoms with Crippen LogP contribution in [-0.2, 0) is 4.79 Å². The maximum atomic E-state index is 11.3. The van der Waals surface area contributed by atoms with Crippen molar-refractivity contribution in [2.24, 2.45) is 11.3 Å². The van der Waals surface area contributed by atoms with Crippen LogP contribution in [0.15, 0.2) is 11.6 Å². The van der Waals surface area contributed by atoms with Crippen molar-refractivity contribution in [3.05, 3.63) is 11.6 Å². The predicted octanol–water partition coefficient (Wildman–Crippen LogP) is 2.61. The molecule has 2 unspecified atom stereocenters. The molecule has 0 amide bonds. The molecule has 0 saturated heterocycles. The van der Waals surface area contributed by atoms with E-state index in [-0.39, 0.29) is 17.1 Å². The summed E-state index contributed by atoms with van der Waals surface area (Å²) in [6.07, 6.45) is 6.37. The lowest BCUT2D eigenvalue weighted by Gasteiger charge is -2.42. The molecule has 14 heavy (non-hydrogen) atoms. The number of carbonyl (C=O) groups excluding carboxylic acids is 1. The monoisotopic (exact) mass is 189 g/mol. The van der Waals surface area contributed by atoms with Gasteiger partial charge in [-0.1, -0.05) is 12.5 Å². The maximum Gasteiger partial charge on any atom is 0.155 e. The largest absolute Gasteiger partial charge is 0.295 e. The first-order valence-electron chi connectivity index (χ1n) is 5.30. The summed E-state index contributed by atoms with van der Waals surface area (Å²) in [5.41, 5.74) is 1.23. The minimum atomic E-state index is 0.000903. The van der Waals surface area contributed by atoms with Crippen molar-refractivity contribution >= 4 is 5.78 Å². The average molecular weight is 189 g/mol. The van der Waals surface area contributed by atoms with Gasteiger partial charge >= 0.3 is 0 Å². The molecule has 0 bridgehead atoms. The highest BCUT2D eigenvalue weighted by Crippen LogP contribution is 2.49. The SMILES string of the molecule is CC12CCC(=O)C=C1CCCC2C#N. The molecule has 0 aromatic rings. The number of nitrogens with zero attached hydrogens (tertiary/aromatic N) is 1. The highest BCUT2D eigenvalue weighted by atomic mass is 16.1. The van der Waals surface area contributed by atoms with E-state index in [0.717, 1.165) is 25.7 Å². The van der Waals surface area contributed by atoms with E-state index in [4.69, 9.17) is 5.26 Å². The molecule has 2 heteroatoms. The molecule has 1 saturated carbocycles. The van der Waals surface area contributed by atoms with Gasteiger partial charge in [0, 0.05) is 11.8 Å². The van der Waals surface area contributed by atoms with Crippen molar-refractivity contribution in [1.82, 2.24) is 0 Å².